The standard InChI is InChI=1S/C44H25ClO/c45-26-21-22-29-31-24-32-30-13-3-10-20-41(30)46-42(32)25-40(31)44(39(29)23-26)37-18-8-6-16-35(37)43(36-17-7-9-19-38(36)44)33-14-4-1-11-27(33)28-12-2-5-15-34(28)43/h1-25H. The van der Waals surface area contributed by atoms with E-state index in [1.165, 1.54) is 66.8 Å². The minimum Gasteiger partial charge on any atom is -0.456 e. The van der Waals surface area contributed by atoms with Crippen molar-refractivity contribution >= 4 is 33.5 Å². The smallest absolute Gasteiger partial charge is 0.135 e. The van der Waals surface area contributed by atoms with Crippen LogP contribution < -0.4 is 0 Å². The number of para-hydroxylation sites is 1. The molecule has 2 spiro atoms. The molecule has 3 aliphatic carbocycles. The van der Waals surface area contributed by atoms with Gasteiger partial charge in [0, 0.05) is 15.8 Å². The molecule has 1 nitrogen and oxygen atoms in total. The van der Waals surface area contributed by atoms with Crippen LogP contribution in [0.2, 0.25) is 5.02 Å². The Hall–Kier alpha value is -5.37. The van der Waals surface area contributed by atoms with Gasteiger partial charge in [-0.1, -0.05) is 133 Å². The van der Waals surface area contributed by atoms with Gasteiger partial charge < -0.3 is 4.42 Å². The van der Waals surface area contributed by atoms with Gasteiger partial charge in [-0.05, 0) is 97.1 Å². The third-order valence-corrected chi connectivity index (χ3v) is 11.3. The molecule has 0 N–H and O–H groups in total. The van der Waals surface area contributed by atoms with Gasteiger partial charge in [0.25, 0.3) is 0 Å². The van der Waals surface area contributed by atoms with Crippen molar-refractivity contribution in [3.05, 3.63) is 201 Å². The molecule has 0 bridgehead atoms. The Morgan fingerprint density at radius 3 is 1.46 bits per heavy atom. The molecule has 46 heavy (non-hydrogen) atoms. The summed E-state index contributed by atoms with van der Waals surface area (Å²) in [6.45, 7) is 0. The van der Waals surface area contributed by atoms with Crippen LogP contribution in [-0.2, 0) is 10.8 Å². The molecule has 0 fully saturated rings. The Kier molecular flexibility index (Phi) is 4.58. The summed E-state index contributed by atoms with van der Waals surface area (Å²) in [5.41, 5.74) is 16.2. The predicted molar refractivity (Wildman–Crippen MR) is 187 cm³/mol. The highest BCUT2D eigenvalue weighted by molar-refractivity contribution is 6.31. The summed E-state index contributed by atoms with van der Waals surface area (Å²) < 4.78 is 6.57. The molecule has 0 amide bonds. The molecule has 0 saturated carbocycles. The van der Waals surface area contributed by atoms with E-state index in [1.807, 2.05) is 12.1 Å². The number of halogens is 1. The van der Waals surface area contributed by atoms with Gasteiger partial charge in [0.15, 0.2) is 0 Å². The average molecular weight is 605 g/mol. The van der Waals surface area contributed by atoms with Gasteiger partial charge in [-0.25, -0.2) is 0 Å². The Labute approximate surface area is 271 Å². The molecule has 1 heterocycles. The minimum absolute atomic E-state index is 0.462. The maximum absolute atomic E-state index is 6.92. The second kappa shape index (κ2) is 8.46. The van der Waals surface area contributed by atoms with Gasteiger partial charge in [0.05, 0.1) is 10.8 Å². The van der Waals surface area contributed by atoms with Crippen LogP contribution in [0.25, 0.3) is 44.2 Å². The van der Waals surface area contributed by atoms with Crippen molar-refractivity contribution in [2.45, 2.75) is 10.8 Å². The van der Waals surface area contributed by atoms with E-state index in [2.05, 4.69) is 140 Å². The van der Waals surface area contributed by atoms with E-state index in [1.54, 1.807) is 0 Å². The fourth-order valence-corrected chi connectivity index (χ4v) is 9.64. The average Bonchev–Trinajstić information content (AvgIpc) is 3.71. The highest BCUT2D eigenvalue weighted by atomic mass is 35.5. The lowest BCUT2D eigenvalue weighted by atomic mass is 9.52. The SMILES string of the molecule is Clc1ccc2c(c1)C1(c3cc4oc5ccccc5c4cc3-2)c2ccccc2C2(c3ccccc3-c3ccccc32)c2ccccc21. The van der Waals surface area contributed by atoms with Gasteiger partial charge in [-0.3, -0.25) is 0 Å². The second-order valence-electron chi connectivity index (χ2n) is 12.9. The lowest BCUT2D eigenvalue weighted by molar-refractivity contribution is 0.630. The zero-order chi connectivity index (χ0) is 30.2. The van der Waals surface area contributed by atoms with Gasteiger partial charge in [-0.15, -0.1) is 0 Å². The first kappa shape index (κ1) is 24.9. The Bertz CT molecular complexity index is 2530. The lowest BCUT2D eigenvalue weighted by Crippen LogP contribution is -2.43. The molecule has 0 saturated heterocycles. The van der Waals surface area contributed by atoms with Crippen LogP contribution in [0.4, 0.5) is 0 Å². The molecule has 0 atom stereocenters. The van der Waals surface area contributed by atoms with Gasteiger partial charge in [0.2, 0.25) is 0 Å². The van der Waals surface area contributed by atoms with Crippen LogP contribution in [0, 0.1) is 0 Å². The molecule has 0 aliphatic heterocycles. The van der Waals surface area contributed by atoms with E-state index in [-0.39, 0.29) is 0 Å². The first-order valence-corrected chi connectivity index (χ1v) is 16.3. The summed E-state index contributed by atoms with van der Waals surface area (Å²) in [4.78, 5) is 0. The van der Waals surface area contributed by atoms with Crippen molar-refractivity contribution in [1.82, 2.24) is 0 Å². The number of benzene rings is 7. The number of furan rings is 1. The van der Waals surface area contributed by atoms with Crippen molar-refractivity contribution in [1.29, 1.82) is 0 Å². The van der Waals surface area contributed by atoms with Crippen molar-refractivity contribution < 1.29 is 4.42 Å². The summed E-state index contributed by atoms with van der Waals surface area (Å²) in [6, 6.07) is 55.8. The highest BCUT2D eigenvalue weighted by Gasteiger charge is 2.59. The number of fused-ring (bicyclic) bond motifs is 19. The molecule has 1 aromatic heterocycles. The van der Waals surface area contributed by atoms with E-state index in [9.17, 15) is 0 Å². The molecule has 0 radical (unpaired) electrons. The second-order valence-corrected chi connectivity index (χ2v) is 13.3. The first-order valence-electron chi connectivity index (χ1n) is 15.9. The van der Waals surface area contributed by atoms with Crippen LogP contribution in [0.1, 0.15) is 44.5 Å². The normalized spacial score (nSPS) is 15.4. The third kappa shape index (κ3) is 2.69. The van der Waals surface area contributed by atoms with E-state index in [4.69, 9.17) is 16.0 Å². The zero-order valence-electron chi connectivity index (χ0n) is 24.7. The van der Waals surface area contributed by atoms with E-state index in [0.29, 0.717) is 0 Å². The predicted octanol–water partition coefficient (Wildman–Crippen LogP) is 11.3. The summed E-state index contributed by atoms with van der Waals surface area (Å²) >= 11 is 6.92. The van der Waals surface area contributed by atoms with Gasteiger partial charge in [0.1, 0.15) is 11.2 Å². The van der Waals surface area contributed by atoms with E-state index in [0.717, 1.165) is 27.0 Å². The molecule has 0 unspecified atom stereocenters. The number of rotatable bonds is 0. The van der Waals surface area contributed by atoms with E-state index >= 15 is 0 Å². The van der Waals surface area contributed by atoms with Crippen molar-refractivity contribution in [3.8, 4) is 22.3 Å². The summed E-state index contributed by atoms with van der Waals surface area (Å²) in [5.74, 6) is 0. The summed E-state index contributed by atoms with van der Waals surface area (Å²) in [6.07, 6.45) is 0. The fourth-order valence-electron chi connectivity index (χ4n) is 9.47. The molecular weight excluding hydrogens is 580 g/mol. The lowest BCUT2D eigenvalue weighted by Gasteiger charge is -2.48. The molecule has 8 aromatic rings. The monoisotopic (exact) mass is 604 g/mol. The highest BCUT2D eigenvalue weighted by Crippen LogP contribution is 2.67. The number of hydrogen-bond acceptors (Lipinski definition) is 1. The largest absolute Gasteiger partial charge is 0.456 e. The molecule has 7 aromatic carbocycles. The minimum atomic E-state index is -0.590. The van der Waals surface area contributed by atoms with Crippen LogP contribution in [-0.4, -0.2) is 0 Å². The molecule has 214 valence electrons. The fraction of sp³-hybridized carbons (Fsp3) is 0.0455. The quantitative estimate of drug-likeness (QED) is 0.168. The Balaban J connectivity index is 1.36. The van der Waals surface area contributed by atoms with Gasteiger partial charge in [-0.2, -0.15) is 0 Å². The van der Waals surface area contributed by atoms with Gasteiger partial charge >= 0.3 is 0 Å². The topological polar surface area (TPSA) is 13.1 Å². The first-order chi connectivity index (χ1) is 22.7. The Morgan fingerprint density at radius 1 is 0.348 bits per heavy atom. The summed E-state index contributed by atoms with van der Waals surface area (Å²) in [5, 5.41) is 3.02. The van der Waals surface area contributed by atoms with Crippen LogP contribution in [0.5, 0.6) is 0 Å². The zero-order valence-corrected chi connectivity index (χ0v) is 25.5. The third-order valence-electron chi connectivity index (χ3n) is 11.0. The van der Waals surface area contributed by atoms with Crippen molar-refractivity contribution in [2.75, 3.05) is 0 Å². The molecule has 2 heteroatoms. The van der Waals surface area contributed by atoms with Crippen LogP contribution >= 0.6 is 11.6 Å². The molecule has 11 rings (SSSR count). The maximum Gasteiger partial charge on any atom is 0.135 e. The van der Waals surface area contributed by atoms with Crippen LogP contribution in [0.15, 0.2) is 156 Å². The van der Waals surface area contributed by atoms with E-state index < -0.39 is 10.8 Å². The number of hydrogen-bond donors (Lipinski definition) is 0. The Morgan fingerprint density at radius 2 is 0.826 bits per heavy atom. The van der Waals surface area contributed by atoms with Crippen LogP contribution in [0.3, 0.4) is 0 Å². The maximum atomic E-state index is 6.92. The van der Waals surface area contributed by atoms with Crippen molar-refractivity contribution in [2.24, 2.45) is 0 Å². The van der Waals surface area contributed by atoms with Crippen molar-refractivity contribution in [3.63, 3.8) is 0 Å². The molecular formula is C44H25ClO. The summed E-state index contributed by atoms with van der Waals surface area (Å²) in [7, 11) is 0. The molecule has 3 aliphatic rings.